The van der Waals surface area contributed by atoms with Crippen LogP contribution in [0, 0.1) is 11.6 Å². The lowest BCUT2D eigenvalue weighted by Crippen LogP contribution is -2.50. The van der Waals surface area contributed by atoms with Crippen LogP contribution in [0.2, 0.25) is 0 Å². The second-order valence-corrected chi connectivity index (χ2v) is 7.90. The van der Waals surface area contributed by atoms with Crippen LogP contribution in [-0.4, -0.2) is 60.3 Å². The van der Waals surface area contributed by atoms with Crippen LogP contribution < -0.4 is 10.1 Å². The maximum absolute atomic E-state index is 13.7. The molecule has 0 spiro atoms. The predicted molar refractivity (Wildman–Crippen MR) is 125 cm³/mol. The third-order valence-electron chi connectivity index (χ3n) is 5.57. The summed E-state index contributed by atoms with van der Waals surface area (Å²) >= 11 is 0. The van der Waals surface area contributed by atoms with Crippen LogP contribution in [-0.2, 0) is 4.79 Å². The summed E-state index contributed by atoms with van der Waals surface area (Å²) in [5, 5.41) is 2.43. The minimum absolute atomic E-state index is 0.0403. The number of hydrogen-bond donors (Lipinski definition) is 1. The Bertz CT molecular complexity index is 1230. The topological polar surface area (TPSA) is 79.0 Å². The van der Waals surface area contributed by atoms with Gasteiger partial charge in [-0.25, -0.2) is 8.78 Å². The Kier molecular flexibility index (Phi) is 7.35. The van der Waals surface area contributed by atoms with E-state index in [1.807, 2.05) is 0 Å². The Balaban J connectivity index is 1.35. The van der Waals surface area contributed by atoms with Gasteiger partial charge in [-0.1, -0.05) is 24.3 Å². The fourth-order valence-corrected chi connectivity index (χ4v) is 3.72. The molecule has 0 atom stereocenters. The summed E-state index contributed by atoms with van der Waals surface area (Å²) in [6.07, 6.45) is 0. The van der Waals surface area contributed by atoms with Gasteiger partial charge in [-0.05, 0) is 48.5 Å². The monoisotopic (exact) mass is 479 g/mol. The first-order chi connectivity index (χ1) is 16.9. The smallest absolute Gasteiger partial charge is 0.262 e. The van der Waals surface area contributed by atoms with Gasteiger partial charge in [0.2, 0.25) is 0 Å². The number of nitrogens with zero attached hydrogens (tertiary/aromatic N) is 2. The lowest BCUT2D eigenvalue weighted by atomic mass is 10.1. The first-order valence-electron chi connectivity index (χ1n) is 11.0. The predicted octanol–water partition coefficient (Wildman–Crippen LogP) is 3.58. The average molecular weight is 479 g/mol. The Morgan fingerprint density at radius 3 is 2.06 bits per heavy atom. The molecule has 7 nitrogen and oxygen atoms in total. The van der Waals surface area contributed by atoms with Gasteiger partial charge in [0.25, 0.3) is 17.7 Å². The van der Waals surface area contributed by atoms with Gasteiger partial charge in [0.1, 0.15) is 17.4 Å². The molecule has 0 radical (unpaired) electrons. The molecule has 0 aromatic heterocycles. The fourth-order valence-electron chi connectivity index (χ4n) is 3.72. The molecule has 1 fully saturated rings. The van der Waals surface area contributed by atoms with Crippen molar-refractivity contribution < 1.29 is 27.9 Å². The number of para-hydroxylation sites is 2. The molecule has 1 aliphatic rings. The zero-order valence-electron chi connectivity index (χ0n) is 18.7. The summed E-state index contributed by atoms with van der Waals surface area (Å²) < 4.78 is 32.4. The van der Waals surface area contributed by atoms with Gasteiger partial charge in [0.15, 0.2) is 6.61 Å². The van der Waals surface area contributed by atoms with Crippen molar-refractivity contribution >= 4 is 23.4 Å². The van der Waals surface area contributed by atoms with E-state index in [1.54, 1.807) is 40.1 Å². The number of anilines is 1. The Hall–Kier alpha value is -4.27. The minimum Gasteiger partial charge on any atom is -0.483 e. The van der Waals surface area contributed by atoms with Gasteiger partial charge in [-0.2, -0.15) is 0 Å². The third-order valence-corrected chi connectivity index (χ3v) is 5.57. The maximum Gasteiger partial charge on any atom is 0.262 e. The van der Waals surface area contributed by atoms with Crippen molar-refractivity contribution in [2.24, 2.45) is 0 Å². The van der Waals surface area contributed by atoms with Crippen LogP contribution in [0.25, 0.3) is 0 Å². The number of carbonyl (C=O) groups excluding carboxylic acids is 3. The normalized spacial score (nSPS) is 13.3. The van der Waals surface area contributed by atoms with Crippen molar-refractivity contribution in [1.29, 1.82) is 0 Å². The highest BCUT2D eigenvalue weighted by Crippen LogP contribution is 2.21. The molecule has 0 bridgehead atoms. The first kappa shape index (κ1) is 23.9. The van der Waals surface area contributed by atoms with Crippen LogP contribution in [0.15, 0.2) is 72.8 Å². The zero-order chi connectivity index (χ0) is 24.8. The third kappa shape index (κ3) is 5.81. The van der Waals surface area contributed by atoms with Crippen molar-refractivity contribution in [3.8, 4) is 5.75 Å². The number of benzene rings is 3. The van der Waals surface area contributed by atoms with E-state index in [4.69, 9.17) is 4.74 Å². The molecule has 3 amide bonds. The van der Waals surface area contributed by atoms with E-state index in [0.29, 0.717) is 31.7 Å². The number of rotatable bonds is 6. The van der Waals surface area contributed by atoms with Gasteiger partial charge in [-0.3, -0.25) is 14.4 Å². The maximum atomic E-state index is 13.7. The lowest BCUT2D eigenvalue weighted by Gasteiger charge is -2.35. The first-order valence-corrected chi connectivity index (χ1v) is 11.0. The van der Waals surface area contributed by atoms with E-state index in [0.717, 1.165) is 0 Å². The molecule has 3 aromatic carbocycles. The molecule has 0 aliphatic carbocycles. The number of nitrogens with one attached hydrogen (secondary N) is 1. The molecule has 180 valence electrons. The van der Waals surface area contributed by atoms with Crippen LogP contribution in [0.5, 0.6) is 5.75 Å². The lowest BCUT2D eigenvalue weighted by molar-refractivity contribution is -0.118. The average Bonchev–Trinajstić information content (AvgIpc) is 2.89. The highest BCUT2D eigenvalue weighted by atomic mass is 19.1. The van der Waals surface area contributed by atoms with Crippen molar-refractivity contribution in [3.63, 3.8) is 0 Å². The molecule has 1 saturated heterocycles. The van der Waals surface area contributed by atoms with Crippen LogP contribution in [0.3, 0.4) is 0 Å². The van der Waals surface area contributed by atoms with E-state index in [-0.39, 0.29) is 28.8 Å². The molecule has 1 N–H and O–H groups in total. The van der Waals surface area contributed by atoms with Gasteiger partial charge >= 0.3 is 0 Å². The van der Waals surface area contributed by atoms with Gasteiger partial charge in [-0.15, -0.1) is 0 Å². The van der Waals surface area contributed by atoms with Gasteiger partial charge < -0.3 is 19.9 Å². The molecular formula is C26H23F2N3O4. The van der Waals surface area contributed by atoms with E-state index in [2.05, 4.69) is 5.32 Å². The van der Waals surface area contributed by atoms with E-state index >= 15 is 0 Å². The zero-order valence-corrected chi connectivity index (χ0v) is 18.7. The van der Waals surface area contributed by atoms with E-state index < -0.39 is 24.1 Å². The summed E-state index contributed by atoms with van der Waals surface area (Å²) in [7, 11) is 0. The molecule has 9 heteroatoms. The van der Waals surface area contributed by atoms with Crippen LogP contribution in [0.4, 0.5) is 14.5 Å². The summed E-state index contributed by atoms with van der Waals surface area (Å²) in [6.45, 7) is 0.881. The summed E-state index contributed by atoms with van der Waals surface area (Å²) in [5.41, 5.74) is 0.710. The Labute approximate surface area is 200 Å². The van der Waals surface area contributed by atoms with Crippen LogP contribution in [0.1, 0.15) is 20.7 Å². The number of ether oxygens (including phenoxy) is 1. The number of halogens is 2. The van der Waals surface area contributed by atoms with Gasteiger partial charge in [0, 0.05) is 31.7 Å². The highest BCUT2D eigenvalue weighted by Gasteiger charge is 2.27. The van der Waals surface area contributed by atoms with Crippen molar-refractivity contribution in [2.45, 2.75) is 0 Å². The molecule has 0 saturated carbocycles. The highest BCUT2D eigenvalue weighted by molar-refractivity contribution is 5.98. The molecule has 3 aromatic rings. The number of amides is 3. The second kappa shape index (κ2) is 10.8. The quantitative estimate of drug-likeness (QED) is 0.586. The number of carbonyl (C=O) groups is 3. The number of piperazine rings is 1. The molecular weight excluding hydrogens is 456 g/mol. The molecule has 1 aliphatic heterocycles. The number of hydrogen-bond acceptors (Lipinski definition) is 4. The molecule has 4 rings (SSSR count). The summed E-state index contributed by atoms with van der Waals surface area (Å²) in [5.74, 6) is -1.82. The summed E-state index contributed by atoms with van der Waals surface area (Å²) in [4.78, 5) is 41.2. The largest absolute Gasteiger partial charge is 0.483 e. The molecule has 35 heavy (non-hydrogen) atoms. The Morgan fingerprint density at radius 1 is 0.771 bits per heavy atom. The van der Waals surface area contributed by atoms with Crippen molar-refractivity contribution in [2.75, 3.05) is 38.1 Å². The van der Waals surface area contributed by atoms with Gasteiger partial charge in [0.05, 0.1) is 11.3 Å². The SMILES string of the molecule is O=C(COc1ccccc1C(=O)N1CCN(C(=O)c2ccc(F)cc2)CC1)Nc1ccccc1F. The minimum atomic E-state index is -0.565. The van der Waals surface area contributed by atoms with E-state index in [1.165, 1.54) is 42.5 Å². The van der Waals surface area contributed by atoms with E-state index in [9.17, 15) is 23.2 Å². The fraction of sp³-hybridized carbons (Fsp3) is 0.192. The van der Waals surface area contributed by atoms with Crippen molar-refractivity contribution in [1.82, 2.24) is 9.80 Å². The second-order valence-electron chi connectivity index (χ2n) is 7.90. The van der Waals surface area contributed by atoms with Crippen molar-refractivity contribution in [3.05, 3.63) is 95.6 Å². The standard InChI is InChI=1S/C26H23F2N3O4/c27-19-11-9-18(10-12-19)25(33)30-13-15-31(16-14-30)26(34)20-5-1-4-8-23(20)35-17-24(32)29-22-7-3-2-6-21(22)28/h1-12H,13-17H2,(H,29,32). The molecule has 1 heterocycles. The summed E-state index contributed by atoms with van der Waals surface area (Å²) in [6, 6.07) is 17.7. The van der Waals surface area contributed by atoms with Crippen LogP contribution >= 0.6 is 0 Å². The molecule has 0 unspecified atom stereocenters. The Morgan fingerprint density at radius 2 is 1.37 bits per heavy atom.